The molecule has 0 aliphatic rings. The van der Waals surface area contributed by atoms with Crippen LogP contribution in [0.2, 0.25) is 9.53 Å². The summed E-state index contributed by atoms with van der Waals surface area (Å²) in [6.45, 7) is 6.82. The van der Waals surface area contributed by atoms with Gasteiger partial charge in [-0.2, -0.15) is 0 Å². The van der Waals surface area contributed by atoms with Gasteiger partial charge in [-0.15, -0.1) is 0 Å². The van der Waals surface area contributed by atoms with E-state index in [-0.39, 0.29) is 0 Å². The molecule has 0 rings (SSSR count). The summed E-state index contributed by atoms with van der Waals surface area (Å²) in [6.07, 6.45) is 0. The molecule has 0 aromatic heterocycles. The molecule has 6 heavy (non-hydrogen) atoms. The first-order valence-corrected chi connectivity index (χ1v) is 4.46. The van der Waals surface area contributed by atoms with E-state index in [0.29, 0.717) is 4.01 Å². The van der Waals surface area contributed by atoms with Crippen LogP contribution in [-0.4, -0.2) is 0 Å². The van der Waals surface area contributed by atoms with Crippen LogP contribution in [0.4, 0.5) is 0 Å². The van der Waals surface area contributed by atoms with E-state index in [9.17, 15) is 0 Å². The van der Waals surface area contributed by atoms with Gasteiger partial charge in [-0.25, -0.2) is 0 Å². The Hall–Kier alpha value is 0.623. The second-order valence-electron chi connectivity index (χ2n) is 2.17. The molecule has 0 nitrogen and oxygen atoms in total. The molecule has 0 aliphatic heterocycles. The Morgan fingerprint density at radius 2 is 1.33 bits per heavy atom. The Morgan fingerprint density at radius 1 is 1.17 bits per heavy atom. The van der Waals surface area contributed by atoms with Crippen molar-refractivity contribution < 1.29 is 17.1 Å². The van der Waals surface area contributed by atoms with E-state index in [1.807, 2.05) is 0 Å². The first kappa shape index (κ1) is 6.62. The molecule has 41 valence electrons. The van der Waals surface area contributed by atoms with Crippen molar-refractivity contribution in [2.45, 2.75) is 30.3 Å². The number of hydrogen-bond donors (Lipinski definition) is 0. The maximum absolute atomic E-state index is 2.28. The van der Waals surface area contributed by atoms with Crippen LogP contribution in [0.25, 0.3) is 0 Å². The molecule has 0 aromatic rings. The minimum atomic E-state index is 0.612. The van der Waals surface area contributed by atoms with Crippen LogP contribution in [0, 0.1) is 0 Å². The Bertz CT molecular complexity index is 33.7. The molecular formula is C5H12Rh. The van der Waals surface area contributed by atoms with Crippen molar-refractivity contribution in [1.82, 2.24) is 0 Å². The van der Waals surface area contributed by atoms with Gasteiger partial charge < -0.3 is 0 Å². The van der Waals surface area contributed by atoms with Crippen molar-refractivity contribution in [2.24, 2.45) is 0 Å². The molecule has 0 bridgehead atoms. The van der Waals surface area contributed by atoms with Gasteiger partial charge in [0.15, 0.2) is 0 Å². The Labute approximate surface area is 47.9 Å². The average molecular weight is 175 g/mol. The van der Waals surface area contributed by atoms with Crippen molar-refractivity contribution in [3.63, 3.8) is 0 Å². The van der Waals surface area contributed by atoms with Gasteiger partial charge in [-0.1, -0.05) is 0 Å². The zero-order valence-electron chi connectivity index (χ0n) is 4.83. The van der Waals surface area contributed by atoms with Crippen LogP contribution < -0.4 is 0 Å². The standard InChI is InChI=1S/C4H9.CH3.Rh/c1-4(2)3;;/h1-3H3;1H3;. The van der Waals surface area contributed by atoms with E-state index >= 15 is 0 Å². The second-order valence-corrected chi connectivity index (χ2v) is 5.44. The van der Waals surface area contributed by atoms with E-state index in [1.165, 1.54) is 0 Å². The van der Waals surface area contributed by atoms with Gasteiger partial charge in [0.05, 0.1) is 0 Å². The molecule has 0 radical (unpaired) electrons. The van der Waals surface area contributed by atoms with Gasteiger partial charge in [-0.05, 0) is 0 Å². The molecule has 0 aliphatic carbocycles. The van der Waals surface area contributed by atoms with Crippen molar-refractivity contribution in [1.29, 1.82) is 0 Å². The predicted octanol–water partition coefficient (Wildman–Crippen LogP) is 2.34. The first-order valence-electron chi connectivity index (χ1n) is 2.00. The SMILES string of the molecule is [CH3][Rh][C](C)(C)C. The van der Waals surface area contributed by atoms with Gasteiger partial charge in [0, 0.05) is 0 Å². The first-order chi connectivity index (χ1) is 2.56. The Kier molecular flexibility index (Phi) is 2.28. The van der Waals surface area contributed by atoms with Crippen LogP contribution >= 0.6 is 0 Å². The summed E-state index contributed by atoms with van der Waals surface area (Å²) in [6, 6.07) is 0. The Balaban J connectivity index is 3.17. The molecule has 0 fully saturated rings. The average Bonchev–Trinajstić information content (AvgIpc) is 1.35. The third kappa shape index (κ3) is 4.62. The van der Waals surface area contributed by atoms with E-state index in [0.717, 1.165) is 17.1 Å². The van der Waals surface area contributed by atoms with Crippen molar-refractivity contribution in [3.05, 3.63) is 0 Å². The fourth-order valence-electron chi connectivity index (χ4n) is 0. The number of rotatable bonds is 0. The molecule has 0 unspecified atom stereocenters. The van der Waals surface area contributed by atoms with E-state index < -0.39 is 0 Å². The molecule has 0 spiro atoms. The van der Waals surface area contributed by atoms with Gasteiger partial charge >= 0.3 is 47.4 Å². The van der Waals surface area contributed by atoms with Crippen LogP contribution in [-0.2, 0) is 17.1 Å². The molecule has 0 amide bonds. The molecule has 0 atom stereocenters. The summed E-state index contributed by atoms with van der Waals surface area (Å²) in [5.41, 5.74) is 2.28. The monoisotopic (exact) mass is 175 g/mol. The zero-order chi connectivity index (χ0) is 5.21. The van der Waals surface area contributed by atoms with Crippen molar-refractivity contribution in [2.75, 3.05) is 0 Å². The van der Waals surface area contributed by atoms with E-state index in [1.54, 1.807) is 0 Å². The summed E-state index contributed by atoms with van der Waals surface area (Å²) < 4.78 is 0.612. The molecule has 0 saturated heterocycles. The third-order valence-corrected chi connectivity index (χ3v) is 2.96. The summed E-state index contributed by atoms with van der Waals surface area (Å²) in [5.74, 6) is 0. The van der Waals surface area contributed by atoms with Gasteiger partial charge in [0.25, 0.3) is 0 Å². The van der Waals surface area contributed by atoms with Crippen LogP contribution in [0.5, 0.6) is 0 Å². The summed E-state index contributed by atoms with van der Waals surface area (Å²) >= 11 is 0.758. The maximum atomic E-state index is 2.28. The third-order valence-electron chi connectivity index (χ3n) is 0.500. The van der Waals surface area contributed by atoms with Crippen molar-refractivity contribution >= 4 is 0 Å². The molecular weight excluding hydrogens is 163 g/mol. The molecule has 1 heteroatoms. The van der Waals surface area contributed by atoms with Crippen LogP contribution in [0.3, 0.4) is 0 Å². The fraction of sp³-hybridized carbons (Fsp3) is 1.00. The quantitative estimate of drug-likeness (QED) is 0.495. The summed E-state index contributed by atoms with van der Waals surface area (Å²) in [4.78, 5) is 0. The van der Waals surface area contributed by atoms with Gasteiger partial charge in [0.1, 0.15) is 0 Å². The predicted molar refractivity (Wildman–Crippen MR) is 25.6 cm³/mol. The van der Waals surface area contributed by atoms with E-state index in [2.05, 4.69) is 26.3 Å². The van der Waals surface area contributed by atoms with E-state index in [4.69, 9.17) is 0 Å². The van der Waals surface area contributed by atoms with Crippen LogP contribution in [0.15, 0.2) is 0 Å². The summed E-state index contributed by atoms with van der Waals surface area (Å²) in [7, 11) is 0. The Morgan fingerprint density at radius 3 is 1.33 bits per heavy atom. The minimum absolute atomic E-state index is 0.612. The molecule has 0 saturated carbocycles. The normalized spacial score (nSPS) is 12.7. The van der Waals surface area contributed by atoms with Crippen LogP contribution in [0.1, 0.15) is 20.8 Å². The molecule has 0 aromatic carbocycles. The molecule has 0 heterocycles. The topological polar surface area (TPSA) is 0 Å². The second kappa shape index (κ2) is 2.07. The number of hydrogen-bond acceptors (Lipinski definition) is 0. The summed E-state index contributed by atoms with van der Waals surface area (Å²) in [5, 5.41) is 0. The fourth-order valence-corrected chi connectivity index (χ4v) is 0. The van der Waals surface area contributed by atoms with Gasteiger partial charge in [-0.3, -0.25) is 0 Å². The zero-order valence-corrected chi connectivity index (χ0v) is 6.47. The van der Waals surface area contributed by atoms with Crippen molar-refractivity contribution in [3.8, 4) is 0 Å². The van der Waals surface area contributed by atoms with Gasteiger partial charge in [0.2, 0.25) is 0 Å². The molecule has 0 N–H and O–H groups in total.